The van der Waals surface area contributed by atoms with Gasteiger partial charge >= 0.3 is 6.18 Å². The van der Waals surface area contributed by atoms with Crippen molar-refractivity contribution in [3.8, 4) is 0 Å². The van der Waals surface area contributed by atoms with E-state index in [1.807, 2.05) is 0 Å². The largest absolute Gasteiger partial charge is 0.404 e. The molecule has 1 aromatic carbocycles. The number of rotatable bonds is 8. The molecule has 1 atom stereocenters. The Morgan fingerprint density at radius 1 is 1.29 bits per heavy atom. The van der Waals surface area contributed by atoms with E-state index in [-0.39, 0.29) is 23.9 Å². The summed E-state index contributed by atoms with van der Waals surface area (Å²) >= 11 is 5.62. The number of hydrogen-bond donors (Lipinski definition) is 2. The lowest BCUT2D eigenvalue weighted by atomic mass is 10.3. The number of halogens is 6. The van der Waals surface area contributed by atoms with Crippen LogP contribution < -0.4 is 10.0 Å². The van der Waals surface area contributed by atoms with Crippen molar-refractivity contribution in [3.05, 3.63) is 46.7 Å². The van der Waals surface area contributed by atoms with Gasteiger partial charge in [0.15, 0.2) is 5.82 Å². The Labute approximate surface area is 179 Å². The molecule has 172 valence electrons. The molecule has 0 fully saturated rings. The summed E-state index contributed by atoms with van der Waals surface area (Å²) < 4.78 is 98.1. The van der Waals surface area contributed by atoms with Crippen molar-refractivity contribution in [3.63, 3.8) is 0 Å². The second-order valence-corrected chi connectivity index (χ2v) is 8.40. The van der Waals surface area contributed by atoms with Crippen LogP contribution in [0.15, 0.2) is 29.3 Å². The van der Waals surface area contributed by atoms with Gasteiger partial charge in [-0.15, -0.1) is 0 Å². The molecule has 0 unspecified atom stereocenters. The first-order chi connectivity index (χ1) is 14.3. The third-order valence-corrected chi connectivity index (χ3v) is 5.84. The third kappa shape index (κ3) is 5.93. The monoisotopic (exact) mass is 489 g/mol. The molecule has 0 bridgehead atoms. The summed E-state index contributed by atoms with van der Waals surface area (Å²) in [4.78, 5) is 11.4. The predicted octanol–water partition coefficient (Wildman–Crippen LogP) is 3.55. The second-order valence-electron chi connectivity index (χ2n) is 6.31. The highest BCUT2D eigenvalue weighted by Gasteiger charge is 2.40. The van der Waals surface area contributed by atoms with Crippen LogP contribution in [0.25, 0.3) is 0 Å². The van der Waals surface area contributed by atoms with E-state index in [2.05, 4.69) is 5.32 Å². The summed E-state index contributed by atoms with van der Waals surface area (Å²) in [6.45, 7) is 0.288. The van der Waals surface area contributed by atoms with Gasteiger partial charge in [-0.1, -0.05) is 11.6 Å². The van der Waals surface area contributed by atoms with E-state index in [0.717, 1.165) is 22.8 Å². The normalized spacial score (nSPS) is 13.3. The number of methoxy groups -OCH3 is 1. The summed E-state index contributed by atoms with van der Waals surface area (Å²) in [7, 11) is -3.68. The van der Waals surface area contributed by atoms with Gasteiger partial charge in [-0.2, -0.15) is 17.9 Å². The van der Waals surface area contributed by atoms with Crippen molar-refractivity contribution in [2.45, 2.75) is 30.6 Å². The Morgan fingerprint density at radius 2 is 1.94 bits per heavy atom. The lowest BCUT2D eigenvalue weighted by molar-refractivity contribution is -0.147. The zero-order chi connectivity index (χ0) is 23.6. The molecule has 0 aliphatic rings. The number of nitrogens with zero attached hydrogens (tertiary/aromatic N) is 1. The Bertz CT molecular complexity index is 1070. The molecule has 2 rings (SSSR count). The van der Waals surface area contributed by atoms with Gasteiger partial charge in [-0.05, 0) is 25.1 Å². The minimum absolute atomic E-state index is 0.0245. The average molecular weight is 490 g/mol. The number of carbonyl (C=O) groups is 1. The Balaban J connectivity index is 2.45. The number of nitrogens with one attached hydrogen (secondary N) is 2. The molecule has 7 nitrogen and oxygen atoms in total. The molecular weight excluding hydrogens is 473 g/mol. The number of anilines is 1. The van der Waals surface area contributed by atoms with Crippen molar-refractivity contribution < 1.29 is 39.9 Å². The average Bonchev–Trinajstić information content (AvgIpc) is 2.99. The maximum absolute atomic E-state index is 15.0. The molecule has 0 saturated heterocycles. The van der Waals surface area contributed by atoms with Gasteiger partial charge in [-0.25, -0.2) is 17.2 Å². The number of ether oxygens (including phenoxy) is 1. The fourth-order valence-electron chi connectivity index (χ4n) is 2.42. The predicted molar refractivity (Wildman–Crippen MR) is 101 cm³/mol. The molecule has 1 aromatic heterocycles. The van der Waals surface area contributed by atoms with Crippen molar-refractivity contribution in [2.24, 2.45) is 0 Å². The van der Waals surface area contributed by atoms with Gasteiger partial charge in [-0.3, -0.25) is 4.79 Å². The zero-order valence-corrected chi connectivity index (χ0v) is 17.6. The van der Waals surface area contributed by atoms with Gasteiger partial charge in [0.1, 0.15) is 22.4 Å². The first-order valence-corrected chi connectivity index (χ1v) is 10.4. The van der Waals surface area contributed by atoms with E-state index >= 15 is 0 Å². The number of hydrogen-bond acceptors (Lipinski definition) is 4. The maximum Gasteiger partial charge on any atom is 0.404 e. The molecule has 1 heterocycles. The molecular formula is C17H17ClF5N3O4S. The van der Waals surface area contributed by atoms with Crippen LogP contribution in [0.3, 0.4) is 0 Å². The van der Waals surface area contributed by atoms with Crippen LogP contribution in [0.5, 0.6) is 0 Å². The van der Waals surface area contributed by atoms with E-state index in [1.165, 1.54) is 11.8 Å². The van der Waals surface area contributed by atoms with E-state index in [4.69, 9.17) is 16.3 Å². The van der Waals surface area contributed by atoms with Gasteiger partial charge < -0.3 is 14.6 Å². The number of sulfonamides is 1. The van der Waals surface area contributed by atoms with E-state index in [9.17, 15) is 35.2 Å². The zero-order valence-electron chi connectivity index (χ0n) is 16.1. The Hall–Kier alpha value is -2.22. The first-order valence-electron chi connectivity index (χ1n) is 8.51. The number of aromatic nitrogens is 1. The smallest absolute Gasteiger partial charge is 0.383 e. The highest BCUT2D eigenvalue weighted by atomic mass is 35.5. The summed E-state index contributed by atoms with van der Waals surface area (Å²) in [5, 5.41) is 1.89. The van der Waals surface area contributed by atoms with Crippen LogP contribution in [-0.2, 0) is 21.3 Å². The van der Waals surface area contributed by atoms with Crippen molar-refractivity contribution in [1.29, 1.82) is 0 Å². The van der Waals surface area contributed by atoms with Gasteiger partial charge in [0.05, 0.1) is 11.6 Å². The molecule has 2 aromatic rings. The number of alkyl halides is 3. The molecule has 2 N–H and O–H groups in total. The molecule has 0 radical (unpaired) electrons. The number of carbonyl (C=O) groups excluding carboxylic acids is 1. The van der Waals surface area contributed by atoms with Crippen LogP contribution >= 0.6 is 11.6 Å². The fourth-order valence-corrected chi connectivity index (χ4v) is 3.92. The molecule has 0 spiro atoms. The molecule has 0 aliphatic carbocycles. The summed E-state index contributed by atoms with van der Waals surface area (Å²) in [6, 6.07) is 0.609. The van der Waals surface area contributed by atoms with Gasteiger partial charge in [0.2, 0.25) is 10.0 Å². The molecule has 0 saturated carbocycles. The molecule has 0 aliphatic heterocycles. The van der Waals surface area contributed by atoms with E-state index in [0.29, 0.717) is 13.1 Å². The molecule has 14 heteroatoms. The SMILES string of the molecule is COCCn1cc(S(=O)(=O)N[C@H](C)C(F)(F)F)c(F)c1C(=O)Nc1ccc(F)c(Cl)c1. The lowest BCUT2D eigenvalue weighted by Gasteiger charge is -2.16. The van der Waals surface area contributed by atoms with E-state index in [1.54, 1.807) is 0 Å². The standard InChI is InChI=1S/C17H17ClF5N3O4S/c1-9(17(21,22)23)25-31(28,29)13-8-26(5-6-30-2)15(14(13)20)16(27)24-10-3-4-12(19)11(18)7-10/h3-4,7-9,25H,5-6H2,1-2H3,(H,24,27)/t9-/m1/s1. The number of benzene rings is 1. The summed E-state index contributed by atoms with van der Waals surface area (Å²) in [5.41, 5.74) is -0.805. The summed E-state index contributed by atoms with van der Waals surface area (Å²) in [5.74, 6) is -3.47. The summed E-state index contributed by atoms with van der Waals surface area (Å²) in [6.07, 6.45) is -4.23. The van der Waals surface area contributed by atoms with E-state index < -0.39 is 50.4 Å². The minimum atomic E-state index is -4.98. The van der Waals surface area contributed by atoms with Crippen molar-refractivity contribution >= 4 is 33.2 Å². The Kier molecular flexibility index (Phi) is 7.68. The van der Waals surface area contributed by atoms with Crippen molar-refractivity contribution in [2.75, 3.05) is 19.0 Å². The van der Waals surface area contributed by atoms with Gasteiger partial charge in [0.25, 0.3) is 5.91 Å². The fraction of sp³-hybridized carbons (Fsp3) is 0.353. The highest BCUT2D eigenvalue weighted by molar-refractivity contribution is 7.89. The second kappa shape index (κ2) is 9.51. The van der Waals surface area contributed by atoms with Crippen LogP contribution in [0.2, 0.25) is 5.02 Å². The highest BCUT2D eigenvalue weighted by Crippen LogP contribution is 2.26. The Morgan fingerprint density at radius 3 is 2.48 bits per heavy atom. The molecule has 1 amide bonds. The number of amides is 1. The van der Waals surface area contributed by atoms with Crippen LogP contribution in [0.1, 0.15) is 17.4 Å². The quantitative estimate of drug-likeness (QED) is 0.555. The topological polar surface area (TPSA) is 89.4 Å². The van der Waals surface area contributed by atoms with Gasteiger partial charge in [0, 0.05) is 25.5 Å². The van der Waals surface area contributed by atoms with Crippen LogP contribution in [0.4, 0.5) is 27.6 Å². The minimum Gasteiger partial charge on any atom is -0.383 e. The third-order valence-electron chi connectivity index (χ3n) is 4.03. The maximum atomic E-state index is 15.0. The van der Waals surface area contributed by atoms with Crippen molar-refractivity contribution in [1.82, 2.24) is 9.29 Å². The van der Waals surface area contributed by atoms with Crippen LogP contribution in [0, 0.1) is 11.6 Å². The first kappa shape index (κ1) is 25.0. The molecule has 31 heavy (non-hydrogen) atoms. The van der Waals surface area contributed by atoms with Crippen LogP contribution in [-0.4, -0.2) is 44.8 Å². The lowest BCUT2D eigenvalue weighted by Crippen LogP contribution is -2.43.